The number of benzene rings is 1. The van der Waals surface area contributed by atoms with E-state index in [0.717, 1.165) is 56.4 Å². The molecule has 2 heterocycles. The summed E-state index contributed by atoms with van der Waals surface area (Å²) < 4.78 is 12.7. The van der Waals surface area contributed by atoms with E-state index in [4.69, 9.17) is 9.15 Å². The molecule has 3 rings (SSSR count). The van der Waals surface area contributed by atoms with Gasteiger partial charge in [0, 0.05) is 11.1 Å². The van der Waals surface area contributed by atoms with E-state index in [0.29, 0.717) is 0 Å². The lowest BCUT2D eigenvalue weighted by Gasteiger charge is -2.32. The van der Waals surface area contributed by atoms with Gasteiger partial charge in [-0.3, -0.25) is 0 Å². The summed E-state index contributed by atoms with van der Waals surface area (Å²) in [5.41, 5.74) is 6.45. The van der Waals surface area contributed by atoms with Gasteiger partial charge in [0.1, 0.15) is 23.0 Å². The molecular formula is C30H32O2. The molecule has 0 saturated carbocycles. The zero-order chi connectivity index (χ0) is 23.3. The first-order chi connectivity index (χ1) is 15.4. The highest BCUT2D eigenvalue weighted by molar-refractivity contribution is 5.74. The highest BCUT2D eigenvalue weighted by Gasteiger charge is 2.36. The van der Waals surface area contributed by atoms with Crippen molar-refractivity contribution in [1.29, 1.82) is 0 Å². The second-order valence-corrected chi connectivity index (χ2v) is 7.91. The Hall–Kier alpha value is -3.52. The van der Waals surface area contributed by atoms with Crippen molar-refractivity contribution in [1.82, 2.24) is 0 Å². The number of hydrogen-bond acceptors (Lipinski definition) is 2. The van der Waals surface area contributed by atoms with Crippen molar-refractivity contribution in [3.05, 3.63) is 125 Å². The monoisotopic (exact) mass is 424 g/mol. The Balaban J connectivity index is 2.39. The minimum absolute atomic E-state index is 0.134. The van der Waals surface area contributed by atoms with E-state index >= 15 is 0 Å². The summed E-state index contributed by atoms with van der Waals surface area (Å²) in [6.07, 6.45) is 16.1. The number of fused-ring (bicyclic) bond motifs is 1. The maximum absolute atomic E-state index is 6.50. The number of rotatable bonds is 6. The highest BCUT2D eigenvalue weighted by atomic mass is 16.5. The number of hydrogen-bond donors (Lipinski definition) is 0. The molecule has 0 bridgehead atoms. The molecule has 0 aliphatic carbocycles. The molecule has 2 nitrogen and oxygen atoms in total. The highest BCUT2D eigenvalue weighted by Crippen LogP contribution is 2.49. The number of allylic oxidation sites excluding steroid dienone is 9. The Morgan fingerprint density at radius 1 is 1.03 bits per heavy atom. The van der Waals surface area contributed by atoms with Gasteiger partial charge in [0.05, 0.1) is 5.92 Å². The smallest absolute Gasteiger partial charge is 0.132 e. The summed E-state index contributed by atoms with van der Waals surface area (Å²) in [6.45, 7) is 18.3. The number of furan rings is 1. The van der Waals surface area contributed by atoms with Gasteiger partial charge in [-0.25, -0.2) is 0 Å². The van der Waals surface area contributed by atoms with E-state index in [9.17, 15) is 0 Å². The molecule has 2 aromatic rings. The zero-order valence-electron chi connectivity index (χ0n) is 19.7. The standard InChI is InChI=1S/C30H32O2/c1-8-12-20(5)14-17-25-28(21(6)10-3)30(27-18-15-22(7)31-27)29-24(11-4)23(13-9-2)16-19-26(29)32-25/h8-19,30H,3-4H2,1-2,5-7H3/b12-8-,13-9-,20-14+,25-17+,28-21-. The Morgan fingerprint density at radius 2 is 1.81 bits per heavy atom. The average molecular weight is 425 g/mol. The summed E-state index contributed by atoms with van der Waals surface area (Å²) in [5.74, 6) is 3.24. The Morgan fingerprint density at radius 3 is 2.41 bits per heavy atom. The topological polar surface area (TPSA) is 22.4 Å². The number of aryl methyl sites for hydroxylation is 1. The van der Waals surface area contributed by atoms with Crippen LogP contribution in [0.4, 0.5) is 0 Å². The van der Waals surface area contributed by atoms with Crippen LogP contribution in [0.2, 0.25) is 0 Å². The maximum atomic E-state index is 6.50. The molecule has 1 unspecified atom stereocenters. The van der Waals surface area contributed by atoms with Gasteiger partial charge in [-0.15, -0.1) is 0 Å². The van der Waals surface area contributed by atoms with Gasteiger partial charge in [0.15, 0.2) is 0 Å². The van der Waals surface area contributed by atoms with Crippen LogP contribution in [0.1, 0.15) is 61.8 Å². The third-order valence-electron chi connectivity index (χ3n) is 5.60. The van der Waals surface area contributed by atoms with E-state index in [-0.39, 0.29) is 5.92 Å². The molecule has 0 N–H and O–H groups in total. The summed E-state index contributed by atoms with van der Waals surface area (Å²) in [7, 11) is 0. The minimum Gasteiger partial charge on any atom is -0.465 e. The third kappa shape index (κ3) is 4.55. The SMILES string of the molecule is C=C/C(C)=C1/C(=C\C=C(C)\C=C/C)Oc2ccc(/C=C\C)c(C=C)c2C1c1ccc(C)o1. The fourth-order valence-electron chi connectivity index (χ4n) is 4.11. The van der Waals surface area contributed by atoms with Crippen LogP contribution < -0.4 is 4.74 Å². The van der Waals surface area contributed by atoms with E-state index in [1.165, 1.54) is 0 Å². The molecule has 0 fully saturated rings. The molecule has 0 radical (unpaired) electrons. The first-order valence-electron chi connectivity index (χ1n) is 11.0. The lowest BCUT2D eigenvalue weighted by molar-refractivity contribution is 0.388. The van der Waals surface area contributed by atoms with Crippen LogP contribution in [0.15, 0.2) is 101 Å². The van der Waals surface area contributed by atoms with Crippen molar-refractivity contribution >= 4 is 12.2 Å². The molecule has 164 valence electrons. The van der Waals surface area contributed by atoms with Gasteiger partial charge in [-0.2, -0.15) is 0 Å². The Kier molecular flexibility index (Phi) is 7.37. The van der Waals surface area contributed by atoms with Gasteiger partial charge >= 0.3 is 0 Å². The molecule has 0 saturated heterocycles. The molecule has 1 aliphatic heterocycles. The van der Waals surface area contributed by atoms with Crippen LogP contribution in [0.3, 0.4) is 0 Å². The quantitative estimate of drug-likeness (QED) is 0.433. The van der Waals surface area contributed by atoms with Crippen molar-refractivity contribution in [2.75, 3.05) is 0 Å². The second-order valence-electron chi connectivity index (χ2n) is 7.91. The van der Waals surface area contributed by atoms with Crippen LogP contribution in [0.25, 0.3) is 12.2 Å². The molecule has 1 atom stereocenters. The molecular weight excluding hydrogens is 392 g/mol. The number of ether oxygens (including phenoxy) is 1. The van der Waals surface area contributed by atoms with E-state index in [1.54, 1.807) is 0 Å². The molecule has 0 amide bonds. The lowest BCUT2D eigenvalue weighted by atomic mass is 9.79. The van der Waals surface area contributed by atoms with Gasteiger partial charge in [0.25, 0.3) is 0 Å². The summed E-state index contributed by atoms with van der Waals surface area (Å²) >= 11 is 0. The Labute approximate surface area is 192 Å². The van der Waals surface area contributed by atoms with E-state index in [1.807, 2.05) is 63.3 Å². The van der Waals surface area contributed by atoms with Gasteiger partial charge < -0.3 is 9.15 Å². The lowest BCUT2D eigenvalue weighted by Crippen LogP contribution is -2.20. The summed E-state index contributed by atoms with van der Waals surface area (Å²) in [6, 6.07) is 8.18. The second kappa shape index (κ2) is 10.2. The van der Waals surface area contributed by atoms with Gasteiger partial charge in [-0.1, -0.05) is 67.3 Å². The largest absolute Gasteiger partial charge is 0.465 e. The molecule has 1 aromatic carbocycles. The average Bonchev–Trinajstić information content (AvgIpc) is 3.22. The first kappa shape index (κ1) is 23.1. The molecule has 2 heteroatoms. The fraction of sp³-hybridized carbons (Fsp3) is 0.200. The van der Waals surface area contributed by atoms with Crippen molar-refractivity contribution < 1.29 is 9.15 Å². The minimum atomic E-state index is -0.134. The summed E-state index contributed by atoms with van der Waals surface area (Å²) in [5, 5.41) is 0. The van der Waals surface area contributed by atoms with Crippen LogP contribution in [0, 0.1) is 6.92 Å². The molecule has 1 aromatic heterocycles. The van der Waals surface area contributed by atoms with Crippen molar-refractivity contribution in [2.45, 2.75) is 40.5 Å². The van der Waals surface area contributed by atoms with E-state index < -0.39 is 0 Å². The third-order valence-corrected chi connectivity index (χ3v) is 5.60. The summed E-state index contributed by atoms with van der Waals surface area (Å²) in [4.78, 5) is 0. The van der Waals surface area contributed by atoms with Gasteiger partial charge in [-0.05, 0) is 75.6 Å². The fourth-order valence-corrected chi connectivity index (χ4v) is 4.11. The molecule has 0 spiro atoms. The van der Waals surface area contributed by atoms with E-state index in [2.05, 4.69) is 57.4 Å². The zero-order valence-corrected chi connectivity index (χ0v) is 19.7. The predicted molar refractivity (Wildman–Crippen MR) is 137 cm³/mol. The van der Waals surface area contributed by atoms with Crippen LogP contribution in [-0.2, 0) is 0 Å². The van der Waals surface area contributed by atoms with Crippen LogP contribution in [-0.4, -0.2) is 0 Å². The van der Waals surface area contributed by atoms with Crippen molar-refractivity contribution in [3.63, 3.8) is 0 Å². The van der Waals surface area contributed by atoms with Crippen LogP contribution in [0.5, 0.6) is 5.75 Å². The van der Waals surface area contributed by atoms with Crippen molar-refractivity contribution in [2.24, 2.45) is 0 Å². The van der Waals surface area contributed by atoms with Crippen molar-refractivity contribution in [3.8, 4) is 5.75 Å². The predicted octanol–water partition coefficient (Wildman–Crippen LogP) is 8.70. The molecule has 1 aliphatic rings. The van der Waals surface area contributed by atoms with Gasteiger partial charge in [0.2, 0.25) is 0 Å². The maximum Gasteiger partial charge on any atom is 0.132 e. The first-order valence-corrected chi connectivity index (χ1v) is 11.0. The van der Waals surface area contributed by atoms with Crippen LogP contribution >= 0.6 is 0 Å². The molecule has 32 heavy (non-hydrogen) atoms. The Bertz CT molecular complexity index is 1180. The normalized spacial score (nSPS) is 19.3.